The van der Waals surface area contributed by atoms with Crippen LogP contribution in [0.4, 0.5) is 0 Å². The van der Waals surface area contributed by atoms with Gasteiger partial charge in [0.1, 0.15) is 5.75 Å². The summed E-state index contributed by atoms with van der Waals surface area (Å²) in [5.74, 6) is 0.192. The number of carbonyl (C=O) groups excluding carboxylic acids is 1. The van der Waals surface area contributed by atoms with Gasteiger partial charge in [-0.15, -0.1) is 0 Å². The molecular formula is C19H14ClNO2. The molecule has 0 saturated carbocycles. The minimum atomic E-state index is -0.334. The van der Waals surface area contributed by atoms with Crippen molar-refractivity contribution >= 4 is 40.6 Å². The number of benzene rings is 2. The molecule has 3 aromatic rings. The summed E-state index contributed by atoms with van der Waals surface area (Å²) in [7, 11) is 0. The lowest BCUT2D eigenvalue weighted by atomic mass is 10.1. The van der Waals surface area contributed by atoms with E-state index in [1.54, 1.807) is 12.1 Å². The Labute approximate surface area is 139 Å². The largest absolute Gasteiger partial charge is 0.427 e. The highest BCUT2D eigenvalue weighted by molar-refractivity contribution is 6.35. The fourth-order valence-corrected chi connectivity index (χ4v) is 2.49. The number of fused-ring (bicyclic) bond motifs is 1. The fourth-order valence-electron chi connectivity index (χ4n) is 2.26. The molecule has 114 valence electrons. The molecule has 0 radical (unpaired) electrons. The quantitative estimate of drug-likeness (QED) is 0.504. The Morgan fingerprint density at radius 3 is 2.74 bits per heavy atom. The standard InChI is InChI=1S/C19H14ClNO2/c1-13(22)23-16-5-2-4-14(12-16)8-9-15-10-11-17-18(20)6-3-7-19(17)21-15/h2-12H,1H3/b9-8+. The van der Waals surface area contributed by atoms with Gasteiger partial charge in [0.25, 0.3) is 0 Å². The number of carbonyl (C=O) groups is 1. The van der Waals surface area contributed by atoms with Gasteiger partial charge in [0.2, 0.25) is 0 Å². The van der Waals surface area contributed by atoms with Crippen LogP contribution in [-0.2, 0) is 4.79 Å². The van der Waals surface area contributed by atoms with E-state index in [9.17, 15) is 4.79 Å². The number of hydrogen-bond donors (Lipinski definition) is 0. The fraction of sp³-hybridized carbons (Fsp3) is 0.0526. The molecule has 0 aliphatic heterocycles. The highest BCUT2D eigenvalue weighted by Gasteiger charge is 2.01. The Bertz CT molecular complexity index is 903. The lowest BCUT2D eigenvalue weighted by Gasteiger charge is -2.02. The van der Waals surface area contributed by atoms with E-state index in [1.165, 1.54) is 6.92 Å². The van der Waals surface area contributed by atoms with E-state index < -0.39 is 0 Å². The van der Waals surface area contributed by atoms with Crippen LogP contribution in [0.2, 0.25) is 5.02 Å². The van der Waals surface area contributed by atoms with Crippen molar-refractivity contribution in [1.29, 1.82) is 0 Å². The Morgan fingerprint density at radius 1 is 1.09 bits per heavy atom. The van der Waals surface area contributed by atoms with E-state index in [0.29, 0.717) is 10.8 Å². The summed E-state index contributed by atoms with van der Waals surface area (Å²) >= 11 is 6.14. The molecule has 0 spiro atoms. The molecule has 0 amide bonds. The summed E-state index contributed by atoms with van der Waals surface area (Å²) in [6, 6.07) is 16.9. The van der Waals surface area contributed by atoms with Crippen molar-refractivity contribution in [3.8, 4) is 5.75 Å². The van der Waals surface area contributed by atoms with Gasteiger partial charge in [0, 0.05) is 17.3 Å². The normalized spacial score (nSPS) is 11.0. The number of esters is 1. The van der Waals surface area contributed by atoms with Gasteiger partial charge < -0.3 is 4.74 Å². The summed E-state index contributed by atoms with van der Waals surface area (Å²) in [6.07, 6.45) is 3.83. The lowest BCUT2D eigenvalue weighted by Crippen LogP contribution is -2.00. The van der Waals surface area contributed by atoms with E-state index in [2.05, 4.69) is 4.98 Å². The Kier molecular flexibility index (Phi) is 4.40. The lowest BCUT2D eigenvalue weighted by molar-refractivity contribution is -0.131. The van der Waals surface area contributed by atoms with Gasteiger partial charge in [-0.3, -0.25) is 4.79 Å². The summed E-state index contributed by atoms with van der Waals surface area (Å²) in [6.45, 7) is 1.38. The van der Waals surface area contributed by atoms with Gasteiger partial charge in [-0.05, 0) is 48.0 Å². The third-order valence-corrected chi connectivity index (χ3v) is 3.60. The number of halogens is 1. The number of ether oxygens (including phenoxy) is 1. The van der Waals surface area contributed by atoms with Crippen molar-refractivity contribution in [1.82, 2.24) is 4.98 Å². The third kappa shape index (κ3) is 3.76. The van der Waals surface area contributed by atoms with E-state index in [-0.39, 0.29) is 5.97 Å². The Hall–Kier alpha value is -2.65. The molecule has 0 saturated heterocycles. The molecule has 1 heterocycles. The second-order valence-electron chi connectivity index (χ2n) is 5.04. The number of rotatable bonds is 3. The molecule has 3 rings (SSSR count). The highest BCUT2D eigenvalue weighted by atomic mass is 35.5. The molecule has 0 N–H and O–H groups in total. The van der Waals surface area contributed by atoms with Crippen molar-refractivity contribution in [3.05, 3.63) is 70.9 Å². The van der Waals surface area contributed by atoms with Crippen LogP contribution in [0.15, 0.2) is 54.6 Å². The molecule has 2 aromatic carbocycles. The first-order chi connectivity index (χ1) is 11.1. The van der Waals surface area contributed by atoms with Crippen LogP contribution in [-0.4, -0.2) is 11.0 Å². The van der Waals surface area contributed by atoms with Crippen LogP contribution < -0.4 is 4.74 Å². The third-order valence-electron chi connectivity index (χ3n) is 3.27. The van der Waals surface area contributed by atoms with Crippen LogP contribution in [0.25, 0.3) is 23.1 Å². The maximum atomic E-state index is 11.0. The molecule has 0 unspecified atom stereocenters. The van der Waals surface area contributed by atoms with Crippen LogP contribution >= 0.6 is 11.6 Å². The number of aromatic nitrogens is 1. The van der Waals surface area contributed by atoms with Crippen LogP contribution in [0.1, 0.15) is 18.2 Å². The van der Waals surface area contributed by atoms with Crippen molar-refractivity contribution in [2.24, 2.45) is 0 Å². The number of pyridine rings is 1. The van der Waals surface area contributed by atoms with E-state index in [4.69, 9.17) is 16.3 Å². The average molecular weight is 324 g/mol. The highest BCUT2D eigenvalue weighted by Crippen LogP contribution is 2.22. The van der Waals surface area contributed by atoms with Gasteiger partial charge >= 0.3 is 5.97 Å². The van der Waals surface area contributed by atoms with Crippen molar-refractivity contribution in [2.45, 2.75) is 6.92 Å². The molecule has 0 fully saturated rings. The van der Waals surface area contributed by atoms with Crippen LogP contribution in [0.5, 0.6) is 5.75 Å². The van der Waals surface area contributed by atoms with Crippen LogP contribution in [0.3, 0.4) is 0 Å². The first-order valence-corrected chi connectivity index (χ1v) is 7.51. The summed E-state index contributed by atoms with van der Waals surface area (Å²) < 4.78 is 5.07. The molecule has 0 aliphatic rings. The number of hydrogen-bond acceptors (Lipinski definition) is 3. The Balaban J connectivity index is 1.86. The molecule has 23 heavy (non-hydrogen) atoms. The first-order valence-electron chi connectivity index (χ1n) is 7.14. The average Bonchev–Trinajstić information content (AvgIpc) is 2.53. The molecule has 0 bridgehead atoms. The van der Waals surface area contributed by atoms with Crippen molar-refractivity contribution < 1.29 is 9.53 Å². The minimum Gasteiger partial charge on any atom is -0.427 e. The topological polar surface area (TPSA) is 39.2 Å². The SMILES string of the molecule is CC(=O)Oc1cccc(/C=C/c2ccc3c(Cl)cccc3n2)c1. The van der Waals surface area contributed by atoms with E-state index >= 15 is 0 Å². The van der Waals surface area contributed by atoms with Crippen LogP contribution in [0, 0.1) is 0 Å². The molecule has 4 heteroatoms. The van der Waals surface area contributed by atoms with Gasteiger partial charge in [-0.2, -0.15) is 0 Å². The molecule has 3 nitrogen and oxygen atoms in total. The monoisotopic (exact) mass is 323 g/mol. The summed E-state index contributed by atoms with van der Waals surface area (Å²) in [5, 5.41) is 1.63. The summed E-state index contributed by atoms with van der Waals surface area (Å²) in [5.41, 5.74) is 2.61. The predicted molar refractivity (Wildman–Crippen MR) is 93.4 cm³/mol. The van der Waals surface area contributed by atoms with Gasteiger partial charge in [0.05, 0.1) is 11.2 Å². The second kappa shape index (κ2) is 6.63. The molecular weight excluding hydrogens is 310 g/mol. The maximum Gasteiger partial charge on any atom is 0.308 e. The zero-order chi connectivity index (χ0) is 16.2. The molecule has 1 aromatic heterocycles. The van der Waals surface area contributed by atoms with Gasteiger partial charge in [-0.25, -0.2) is 4.98 Å². The zero-order valence-corrected chi connectivity index (χ0v) is 13.2. The molecule has 0 aliphatic carbocycles. The number of nitrogens with zero attached hydrogens (tertiary/aromatic N) is 1. The van der Waals surface area contributed by atoms with E-state index in [1.807, 2.05) is 54.6 Å². The maximum absolute atomic E-state index is 11.0. The van der Waals surface area contributed by atoms with Gasteiger partial charge in [0.15, 0.2) is 0 Å². The Morgan fingerprint density at radius 2 is 1.91 bits per heavy atom. The van der Waals surface area contributed by atoms with Crippen molar-refractivity contribution in [3.63, 3.8) is 0 Å². The predicted octanol–water partition coefficient (Wildman–Crippen LogP) is 4.98. The smallest absolute Gasteiger partial charge is 0.308 e. The second-order valence-corrected chi connectivity index (χ2v) is 5.45. The van der Waals surface area contributed by atoms with Gasteiger partial charge in [-0.1, -0.05) is 35.9 Å². The van der Waals surface area contributed by atoms with Crippen molar-refractivity contribution in [2.75, 3.05) is 0 Å². The zero-order valence-electron chi connectivity index (χ0n) is 12.5. The minimum absolute atomic E-state index is 0.334. The first kappa shape index (κ1) is 15.3. The van der Waals surface area contributed by atoms with E-state index in [0.717, 1.165) is 22.2 Å². The molecule has 0 atom stereocenters. The summed E-state index contributed by atoms with van der Waals surface area (Å²) in [4.78, 5) is 15.6.